The van der Waals surface area contributed by atoms with Crippen molar-refractivity contribution >= 4 is 0 Å². The third kappa shape index (κ3) is 5.04. The van der Waals surface area contributed by atoms with Crippen LogP contribution in [0.1, 0.15) is 26.0 Å². The van der Waals surface area contributed by atoms with E-state index in [1.54, 1.807) is 12.4 Å². The van der Waals surface area contributed by atoms with E-state index in [1.165, 1.54) is 0 Å². The predicted molar refractivity (Wildman–Crippen MR) is 81.7 cm³/mol. The SMILES string of the molecule is CCCNCc1cnc(Oc2cccc(OCC)c2)cn1. The molecule has 0 aliphatic carbocycles. The van der Waals surface area contributed by atoms with E-state index in [4.69, 9.17) is 9.47 Å². The van der Waals surface area contributed by atoms with E-state index >= 15 is 0 Å². The van der Waals surface area contributed by atoms with Crippen molar-refractivity contribution in [3.05, 3.63) is 42.4 Å². The quantitative estimate of drug-likeness (QED) is 0.756. The van der Waals surface area contributed by atoms with Gasteiger partial charge in [0.25, 0.3) is 0 Å². The fraction of sp³-hybridized carbons (Fsp3) is 0.375. The number of aromatic nitrogens is 2. The molecule has 0 saturated carbocycles. The summed E-state index contributed by atoms with van der Waals surface area (Å²) in [7, 11) is 0. The van der Waals surface area contributed by atoms with Crippen molar-refractivity contribution in [3.8, 4) is 17.4 Å². The highest BCUT2D eigenvalue weighted by atomic mass is 16.5. The second kappa shape index (κ2) is 8.21. The van der Waals surface area contributed by atoms with Crippen molar-refractivity contribution in [1.29, 1.82) is 0 Å². The molecule has 0 aliphatic heterocycles. The van der Waals surface area contributed by atoms with Gasteiger partial charge in [-0.1, -0.05) is 13.0 Å². The van der Waals surface area contributed by atoms with Crippen LogP contribution >= 0.6 is 0 Å². The van der Waals surface area contributed by atoms with Gasteiger partial charge in [0.05, 0.1) is 24.7 Å². The first kappa shape index (κ1) is 15.3. The lowest BCUT2D eigenvalue weighted by molar-refractivity contribution is 0.338. The first-order valence-corrected chi connectivity index (χ1v) is 7.24. The summed E-state index contributed by atoms with van der Waals surface area (Å²) in [5.74, 6) is 1.94. The fourth-order valence-corrected chi connectivity index (χ4v) is 1.80. The molecule has 0 aliphatic rings. The number of hydrogen-bond donors (Lipinski definition) is 1. The molecule has 0 radical (unpaired) electrons. The van der Waals surface area contributed by atoms with Gasteiger partial charge >= 0.3 is 0 Å². The Morgan fingerprint density at radius 2 is 1.95 bits per heavy atom. The van der Waals surface area contributed by atoms with Crippen molar-refractivity contribution in [3.63, 3.8) is 0 Å². The Labute approximate surface area is 125 Å². The lowest BCUT2D eigenvalue weighted by atomic mass is 10.3. The zero-order valence-electron chi connectivity index (χ0n) is 12.5. The minimum Gasteiger partial charge on any atom is -0.494 e. The fourth-order valence-electron chi connectivity index (χ4n) is 1.80. The molecular weight excluding hydrogens is 266 g/mol. The molecule has 21 heavy (non-hydrogen) atoms. The lowest BCUT2D eigenvalue weighted by Crippen LogP contribution is -2.14. The topological polar surface area (TPSA) is 56.3 Å². The van der Waals surface area contributed by atoms with Gasteiger partial charge in [-0.3, -0.25) is 4.98 Å². The highest BCUT2D eigenvalue weighted by Gasteiger charge is 2.02. The second-order valence-electron chi connectivity index (χ2n) is 4.53. The predicted octanol–water partition coefficient (Wildman–Crippen LogP) is 3.17. The van der Waals surface area contributed by atoms with Crippen LogP contribution in [-0.2, 0) is 6.54 Å². The molecule has 0 amide bonds. The van der Waals surface area contributed by atoms with Crippen LogP contribution in [-0.4, -0.2) is 23.1 Å². The molecule has 1 aromatic heterocycles. The van der Waals surface area contributed by atoms with Crippen molar-refractivity contribution in [1.82, 2.24) is 15.3 Å². The first-order chi connectivity index (χ1) is 10.3. The molecule has 1 aromatic carbocycles. The monoisotopic (exact) mass is 287 g/mol. The van der Waals surface area contributed by atoms with E-state index in [1.807, 2.05) is 31.2 Å². The van der Waals surface area contributed by atoms with Crippen molar-refractivity contribution in [2.45, 2.75) is 26.8 Å². The summed E-state index contributed by atoms with van der Waals surface area (Å²) in [6.07, 6.45) is 4.46. The maximum absolute atomic E-state index is 5.67. The number of ether oxygens (including phenoxy) is 2. The van der Waals surface area contributed by atoms with Gasteiger partial charge in [0.2, 0.25) is 5.88 Å². The summed E-state index contributed by atoms with van der Waals surface area (Å²) < 4.78 is 11.1. The minimum atomic E-state index is 0.475. The van der Waals surface area contributed by atoms with E-state index in [-0.39, 0.29) is 0 Å². The van der Waals surface area contributed by atoms with Crippen LogP contribution in [0, 0.1) is 0 Å². The highest BCUT2D eigenvalue weighted by Crippen LogP contribution is 2.23. The molecule has 0 fully saturated rings. The van der Waals surface area contributed by atoms with E-state index in [9.17, 15) is 0 Å². The van der Waals surface area contributed by atoms with Crippen LogP contribution in [0.2, 0.25) is 0 Å². The Hall–Kier alpha value is -2.14. The Balaban J connectivity index is 1.95. The molecule has 2 aromatic rings. The van der Waals surface area contributed by atoms with Gasteiger partial charge in [-0.15, -0.1) is 0 Å². The molecule has 0 bridgehead atoms. The van der Waals surface area contributed by atoms with Gasteiger partial charge in [-0.25, -0.2) is 4.98 Å². The Morgan fingerprint density at radius 1 is 1.10 bits per heavy atom. The molecule has 1 N–H and O–H groups in total. The Bertz CT molecular complexity index is 543. The Kier molecular flexibility index (Phi) is 5.97. The van der Waals surface area contributed by atoms with Crippen LogP contribution in [0.15, 0.2) is 36.7 Å². The Morgan fingerprint density at radius 3 is 2.67 bits per heavy atom. The van der Waals surface area contributed by atoms with Gasteiger partial charge in [-0.2, -0.15) is 0 Å². The maximum atomic E-state index is 5.67. The zero-order chi connectivity index (χ0) is 14.9. The van der Waals surface area contributed by atoms with Crippen LogP contribution in [0.3, 0.4) is 0 Å². The average Bonchev–Trinajstić information content (AvgIpc) is 2.50. The molecule has 0 spiro atoms. The third-order valence-electron chi connectivity index (χ3n) is 2.75. The number of hydrogen-bond acceptors (Lipinski definition) is 5. The van der Waals surface area contributed by atoms with Gasteiger partial charge < -0.3 is 14.8 Å². The summed E-state index contributed by atoms with van der Waals surface area (Å²) in [5, 5.41) is 3.28. The highest BCUT2D eigenvalue weighted by molar-refractivity contribution is 5.34. The smallest absolute Gasteiger partial charge is 0.237 e. The zero-order valence-corrected chi connectivity index (χ0v) is 12.5. The summed E-state index contributed by atoms with van der Waals surface area (Å²) in [4.78, 5) is 8.59. The van der Waals surface area contributed by atoms with E-state index in [2.05, 4.69) is 22.2 Å². The van der Waals surface area contributed by atoms with Crippen molar-refractivity contribution in [2.75, 3.05) is 13.2 Å². The molecule has 0 unspecified atom stereocenters. The van der Waals surface area contributed by atoms with Gasteiger partial charge in [-0.05, 0) is 32.0 Å². The average molecular weight is 287 g/mol. The lowest BCUT2D eigenvalue weighted by Gasteiger charge is -2.08. The number of benzene rings is 1. The molecule has 2 rings (SSSR count). The van der Waals surface area contributed by atoms with Gasteiger partial charge in [0.15, 0.2) is 0 Å². The largest absolute Gasteiger partial charge is 0.494 e. The van der Waals surface area contributed by atoms with Crippen LogP contribution in [0.5, 0.6) is 17.4 Å². The van der Waals surface area contributed by atoms with E-state index in [0.717, 1.165) is 31.0 Å². The molecule has 5 heteroatoms. The van der Waals surface area contributed by atoms with Crippen molar-refractivity contribution < 1.29 is 9.47 Å². The third-order valence-corrected chi connectivity index (χ3v) is 2.75. The molecule has 0 atom stereocenters. The normalized spacial score (nSPS) is 10.4. The molecule has 5 nitrogen and oxygen atoms in total. The van der Waals surface area contributed by atoms with Crippen molar-refractivity contribution in [2.24, 2.45) is 0 Å². The van der Waals surface area contributed by atoms with Gasteiger partial charge in [0.1, 0.15) is 11.5 Å². The van der Waals surface area contributed by atoms with E-state index < -0.39 is 0 Å². The summed E-state index contributed by atoms with van der Waals surface area (Å²) in [6, 6.07) is 7.48. The number of nitrogens with one attached hydrogen (secondary N) is 1. The van der Waals surface area contributed by atoms with Gasteiger partial charge in [0, 0.05) is 12.6 Å². The van der Waals surface area contributed by atoms with Crippen LogP contribution < -0.4 is 14.8 Å². The second-order valence-corrected chi connectivity index (χ2v) is 4.53. The summed E-state index contributed by atoms with van der Waals surface area (Å²) in [6.45, 7) is 6.41. The molecular formula is C16H21N3O2. The minimum absolute atomic E-state index is 0.475. The molecule has 1 heterocycles. The maximum Gasteiger partial charge on any atom is 0.237 e. The van der Waals surface area contributed by atoms with Crippen LogP contribution in [0.25, 0.3) is 0 Å². The molecule has 0 saturated heterocycles. The number of rotatable bonds is 8. The van der Waals surface area contributed by atoms with Crippen LogP contribution in [0.4, 0.5) is 0 Å². The number of nitrogens with zero attached hydrogens (tertiary/aromatic N) is 2. The van der Waals surface area contributed by atoms with E-state index in [0.29, 0.717) is 18.2 Å². The standard InChI is InChI=1S/C16H21N3O2/c1-3-8-17-10-13-11-19-16(12-18-13)21-15-7-5-6-14(9-15)20-4-2/h5-7,9,11-12,17H,3-4,8,10H2,1-2H3. The molecule has 112 valence electrons. The first-order valence-electron chi connectivity index (χ1n) is 7.24. The summed E-state index contributed by atoms with van der Waals surface area (Å²) >= 11 is 0. The summed E-state index contributed by atoms with van der Waals surface area (Å²) in [5.41, 5.74) is 0.902.